The topological polar surface area (TPSA) is 61.7 Å². The van der Waals surface area contributed by atoms with Crippen LogP contribution in [0.25, 0.3) is 0 Å². The first-order valence-electron chi connectivity index (χ1n) is 8.88. The third-order valence-electron chi connectivity index (χ3n) is 3.78. The second kappa shape index (κ2) is 9.53. The van der Waals surface area contributed by atoms with Crippen LogP contribution in [-0.4, -0.2) is 16.6 Å². The Morgan fingerprint density at radius 3 is 2.00 bits per heavy atom. The van der Waals surface area contributed by atoms with Crippen molar-refractivity contribution in [2.45, 2.75) is 34.1 Å². The lowest BCUT2D eigenvalue weighted by Crippen LogP contribution is -1.98. The van der Waals surface area contributed by atoms with Crippen LogP contribution in [0.5, 0.6) is 0 Å². The van der Waals surface area contributed by atoms with E-state index in [0.717, 1.165) is 29.2 Å². The summed E-state index contributed by atoms with van der Waals surface area (Å²) < 4.78 is 0. The third-order valence-corrected chi connectivity index (χ3v) is 3.78. The Morgan fingerprint density at radius 1 is 0.926 bits per heavy atom. The minimum Gasteiger partial charge on any atom is -0.513 e. The molecule has 4 nitrogen and oxygen atoms in total. The first-order chi connectivity index (χ1) is 12.8. The average Bonchev–Trinajstić information content (AvgIpc) is 2.57. The van der Waals surface area contributed by atoms with E-state index in [0.29, 0.717) is 0 Å². The molecule has 4 heteroatoms. The van der Waals surface area contributed by atoms with Crippen molar-refractivity contribution in [1.29, 1.82) is 0 Å². The second-order valence-corrected chi connectivity index (χ2v) is 6.64. The molecular formula is C23H26N2O2. The SMILES string of the molecule is CC(=O)/C=C(/C)Nc1ccc(Cc2ccc(/N=C(C)/C=C(/C)O)cc2)cc1. The van der Waals surface area contributed by atoms with Crippen molar-refractivity contribution in [3.8, 4) is 0 Å². The minimum absolute atomic E-state index is 0.0297. The maximum Gasteiger partial charge on any atom is 0.154 e. The van der Waals surface area contributed by atoms with Gasteiger partial charge in [-0.15, -0.1) is 0 Å². The van der Waals surface area contributed by atoms with Crippen molar-refractivity contribution >= 4 is 22.9 Å². The van der Waals surface area contributed by atoms with Gasteiger partial charge in [-0.05, 0) is 81.7 Å². The van der Waals surface area contributed by atoms with Gasteiger partial charge in [0.05, 0.1) is 11.4 Å². The Kier molecular flexibility index (Phi) is 7.12. The van der Waals surface area contributed by atoms with Crippen LogP contribution >= 0.6 is 0 Å². The molecule has 0 fully saturated rings. The third kappa shape index (κ3) is 7.32. The van der Waals surface area contributed by atoms with Crippen molar-refractivity contribution in [2.75, 3.05) is 5.32 Å². The maximum absolute atomic E-state index is 11.1. The van der Waals surface area contributed by atoms with Crippen LogP contribution < -0.4 is 5.32 Å². The Labute approximate surface area is 161 Å². The first kappa shape index (κ1) is 20.2. The predicted octanol–water partition coefficient (Wildman–Crippen LogP) is 5.74. The number of aliphatic hydroxyl groups is 1. The molecule has 0 spiro atoms. The summed E-state index contributed by atoms with van der Waals surface area (Å²) in [6, 6.07) is 16.3. The zero-order valence-corrected chi connectivity index (χ0v) is 16.3. The molecule has 0 radical (unpaired) electrons. The highest BCUT2D eigenvalue weighted by Crippen LogP contribution is 2.18. The van der Waals surface area contributed by atoms with Crippen LogP contribution in [0, 0.1) is 0 Å². The van der Waals surface area contributed by atoms with Crippen LogP contribution in [0.3, 0.4) is 0 Å². The van der Waals surface area contributed by atoms with Gasteiger partial charge in [-0.3, -0.25) is 9.79 Å². The number of hydrogen-bond acceptors (Lipinski definition) is 4. The van der Waals surface area contributed by atoms with E-state index in [-0.39, 0.29) is 11.5 Å². The molecule has 0 aromatic heterocycles. The van der Waals surface area contributed by atoms with E-state index in [1.165, 1.54) is 18.1 Å². The van der Waals surface area contributed by atoms with Crippen LogP contribution in [0.15, 0.2) is 77.1 Å². The highest BCUT2D eigenvalue weighted by molar-refractivity contribution is 5.94. The van der Waals surface area contributed by atoms with Crippen LogP contribution in [0.4, 0.5) is 11.4 Å². The molecule has 0 aliphatic rings. The molecule has 0 aliphatic heterocycles. The van der Waals surface area contributed by atoms with Crippen molar-refractivity contribution in [1.82, 2.24) is 0 Å². The number of carbonyl (C=O) groups excluding carboxylic acids is 1. The van der Waals surface area contributed by atoms with E-state index in [1.54, 1.807) is 19.1 Å². The summed E-state index contributed by atoms with van der Waals surface area (Å²) in [4.78, 5) is 15.5. The van der Waals surface area contributed by atoms with Gasteiger partial charge in [0, 0.05) is 17.1 Å². The molecule has 0 bridgehead atoms. The zero-order valence-electron chi connectivity index (χ0n) is 16.3. The Morgan fingerprint density at radius 2 is 1.48 bits per heavy atom. The van der Waals surface area contributed by atoms with E-state index < -0.39 is 0 Å². The molecule has 0 atom stereocenters. The van der Waals surface area contributed by atoms with Crippen molar-refractivity contribution in [3.05, 3.63) is 83.3 Å². The molecule has 0 heterocycles. The maximum atomic E-state index is 11.1. The quantitative estimate of drug-likeness (QED) is 0.375. The average molecular weight is 362 g/mol. The number of nitrogens with zero attached hydrogens (tertiary/aromatic N) is 1. The summed E-state index contributed by atoms with van der Waals surface area (Å²) in [5, 5.41) is 12.5. The zero-order chi connectivity index (χ0) is 19.8. The van der Waals surface area contributed by atoms with Crippen molar-refractivity contribution in [3.63, 3.8) is 0 Å². The van der Waals surface area contributed by atoms with Gasteiger partial charge in [0.15, 0.2) is 5.78 Å². The van der Waals surface area contributed by atoms with Gasteiger partial charge >= 0.3 is 0 Å². The largest absolute Gasteiger partial charge is 0.513 e. The van der Waals surface area contributed by atoms with Crippen LogP contribution in [0.2, 0.25) is 0 Å². The van der Waals surface area contributed by atoms with E-state index in [9.17, 15) is 9.90 Å². The lowest BCUT2D eigenvalue weighted by atomic mass is 10.0. The fourth-order valence-corrected chi connectivity index (χ4v) is 2.74. The Hall–Kier alpha value is -3.14. The minimum atomic E-state index is 0.0297. The number of aliphatic hydroxyl groups excluding tert-OH is 1. The van der Waals surface area contributed by atoms with Gasteiger partial charge in [0.1, 0.15) is 0 Å². The standard InChI is InChI=1S/C23H26N2O2/c1-16(13-18(3)26)24-22-9-5-20(6-10-22)15-21-7-11-23(12-8-21)25-17(2)14-19(4)27/h5-14,24,27H,15H2,1-4H3/b16-13-,19-14-,25-17+. The number of aliphatic imine (C=N–C) groups is 1. The molecule has 0 amide bonds. The summed E-state index contributed by atoms with van der Waals surface area (Å²) in [5.74, 6) is 0.278. The number of anilines is 1. The van der Waals surface area contributed by atoms with Gasteiger partial charge in [-0.25, -0.2) is 0 Å². The molecular weight excluding hydrogens is 336 g/mol. The lowest BCUT2D eigenvalue weighted by molar-refractivity contribution is -0.112. The number of ketones is 1. The van der Waals surface area contributed by atoms with Crippen molar-refractivity contribution < 1.29 is 9.90 Å². The van der Waals surface area contributed by atoms with E-state index in [2.05, 4.69) is 34.6 Å². The molecule has 140 valence electrons. The molecule has 2 aromatic carbocycles. The van der Waals surface area contributed by atoms with Crippen LogP contribution in [0.1, 0.15) is 38.8 Å². The monoisotopic (exact) mass is 362 g/mol. The lowest BCUT2D eigenvalue weighted by Gasteiger charge is -2.08. The molecule has 0 aliphatic carbocycles. The van der Waals surface area contributed by atoms with Crippen LogP contribution in [-0.2, 0) is 11.2 Å². The summed E-state index contributed by atoms with van der Waals surface area (Å²) in [6.07, 6.45) is 4.05. The normalized spacial score (nSPS) is 12.8. The number of allylic oxidation sites excluding steroid dienone is 4. The van der Waals surface area contributed by atoms with Gasteiger partial charge in [0.25, 0.3) is 0 Å². The number of benzene rings is 2. The summed E-state index contributed by atoms with van der Waals surface area (Å²) in [7, 11) is 0. The summed E-state index contributed by atoms with van der Waals surface area (Å²) in [5.41, 5.74) is 5.82. The highest BCUT2D eigenvalue weighted by Gasteiger charge is 2.00. The molecule has 27 heavy (non-hydrogen) atoms. The summed E-state index contributed by atoms with van der Waals surface area (Å²) in [6.45, 7) is 6.90. The summed E-state index contributed by atoms with van der Waals surface area (Å²) >= 11 is 0. The van der Waals surface area contributed by atoms with Crippen molar-refractivity contribution in [2.24, 2.45) is 4.99 Å². The van der Waals surface area contributed by atoms with E-state index in [1.807, 2.05) is 38.1 Å². The molecule has 2 rings (SSSR count). The van der Waals surface area contributed by atoms with Gasteiger partial charge in [-0.2, -0.15) is 0 Å². The number of carbonyl (C=O) groups is 1. The molecule has 0 saturated carbocycles. The fourth-order valence-electron chi connectivity index (χ4n) is 2.74. The fraction of sp³-hybridized carbons (Fsp3) is 0.217. The van der Waals surface area contributed by atoms with Gasteiger partial charge in [0.2, 0.25) is 0 Å². The molecule has 0 unspecified atom stereocenters. The second-order valence-electron chi connectivity index (χ2n) is 6.64. The number of hydrogen-bond donors (Lipinski definition) is 2. The number of rotatable bonds is 7. The van der Waals surface area contributed by atoms with Gasteiger partial charge < -0.3 is 10.4 Å². The Bertz CT molecular complexity index is 870. The predicted molar refractivity (Wildman–Crippen MR) is 113 cm³/mol. The first-order valence-corrected chi connectivity index (χ1v) is 8.88. The Balaban J connectivity index is 2.01. The highest BCUT2D eigenvalue weighted by atomic mass is 16.3. The number of nitrogens with one attached hydrogen (secondary N) is 1. The molecule has 0 saturated heterocycles. The van der Waals surface area contributed by atoms with E-state index in [4.69, 9.17) is 0 Å². The van der Waals surface area contributed by atoms with E-state index >= 15 is 0 Å². The smallest absolute Gasteiger partial charge is 0.154 e. The molecule has 2 aromatic rings. The molecule has 2 N–H and O–H groups in total. The van der Waals surface area contributed by atoms with Gasteiger partial charge in [-0.1, -0.05) is 24.3 Å².